The standard InChI is InChI=1S/C14H13NO2Se/c1-3-4-13(15(16)17)10(2)12-6-5-11-7-8-18-14(11)9-12/h3-4,7-9H,1-2,5-6H2/b13-4+. The fraction of sp³-hybridized carbons (Fsp3) is 0.143. The number of rotatable bonds is 4. The van der Waals surface area contributed by atoms with Crippen LogP contribution in [0.1, 0.15) is 16.4 Å². The molecule has 0 amide bonds. The molecule has 0 atom stereocenters. The van der Waals surface area contributed by atoms with E-state index in [1.807, 2.05) is 0 Å². The molecule has 1 heterocycles. The summed E-state index contributed by atoms with van der Waals surface area (Å²) >= 11 is 0.373. The quantitative estimate of drug-likeness (QED) is 0.371. The molecule has 1 aromatic rings. The van der Waals surface area contributed by atoms with Gasteiger partial charge in [-0.15, -0.1) is 0 Å². The van der Waals surface area contributed by atoms with Gasteiger partial charge in [-0.2, -0.15) is 0 Å². The topological polar surface area (TPSA) is 43.1 Å². The zero-order valence-corrected chi connectivity index (χ0v) is 11.6. The molecule has 0 spiro atoms. The molecule has 0 aromatic carbocycles. The van der Waals surface area contributed by atoms with Crippen LogP contribution in [-0.2, 0) is 6.42 Å². The van der Waals surface area contributed by atoms with Crippen molar-refractivity contribution >= 4 is 20.6 Å². The molecule has 1 aromatic heterocycles. The maximum atomic E-state index is 11.0. The number of allylic oxidation sites excluding steroid dienone is 3. The Balaban J connectivity index is 2.33. The normalized spacial score (nSPS) is 14.7. The van der Waals surface area contributed by atoms with Crippen molar-refractivity contribution in [1.29, 1.82) is 0 Å². The van der Waals surface area contributed by atoms with Crippen LogP contribution in [0, 0.1) is 10.1 Å². The van der Waals surface area contributed by atoms with Gasteiger partial charge >= 0.3 is 112 Å². The van der Waals surface area contributed by atoms with E-state index in [9.17, 15) is 10.1 Å². The van der Waals surface area contributed by atoms with Crippen molar-refractivity contribution in [2.24, 2.45) is 0 Å². The predicted molar refractivity (Wildman–Crippen MR) is 74.1 cm³/mol. The van der Waals surface area contributed by atoms with Gasteiger partial charge in [-0.3, -0.25) is 0 Å². The molecule has 0 N–H and O–H groups in total. The van der Waals surface area contributed by atoms with Crippen LogP contribution in [0.15, 0.2) is 53.2 Å². The molecular formula is C14H13NO2Se. The number of fused-ring (bicyclic) bond motifs is 1. The molecular weight excluding hydrogens is 293 g/mol. The molecule has 0 saturated carbocycles. The molecule has 1 aliphatic carbocycles. The molecule has 4 heteroatoms. The van der Waals surface area contributed by atoms with E-state index in [1.54, 1.807) is 0 Å². The van der Waals surface area contributed by atoms with Crippen LogP contribution in [-0.4, -0.2) is 19.4 Å². The summed E-state index contributed by atoms with van der Waals surface area (Å²) in [5, 5.41) is 11.0. The summed E-state index contributed by atoms with van der Waals surface area (Å²) in [6, 6.07) is 2.17. The number of nitro groups is 1. The third kappa shape index (κ3) is 2.45. The Hall–Kier alpha value is -1.64. The Morgan fingerprint density at radius 2 is 2.28 bits per heavy atom. The Morgan fingerprint density at radius 3 is 2.94 bits per heavy atom. The first-order valence-electron chi connectivity index (χ1n) is 5.57. The zero-order valence-electron chi connectivity index (χ0n) is 9.89. The van der Waals surface area contributed by atoms with E-state index in [-0.39, 0.29) is 5.70 Å². The molecule has 0 bridgehead atoms. The van der Waals surface area contributed by atoms with Crippen LogP contribution in [0.3, 0.4) is 0 Å². The second-order valence-electron chi connectivity index (χ2n) is 4.00. The first-order chi connectivity index (χ1) is 8.63. The van der Waals surface area contributed by atoms with Gasteiger partial charge < -0.3 is 0 Å². The van der Waals surface area contributed by atoms with Gasteiger partial charge in [0.1, 0.15) is 0 Å². The molecule has 1 aliphatic rings. The van der Waals surface area contributed by atoms with E-state index in [1.165, 1.54) is 22.2 Å². The summed E-state index contributed by atoms with van der Waals surface area (Å²) < 4.78 is 1.33. The van der Waals surface area contributed by atoms with Gasteiger partial charge in [0.2, 0.25) is 0 Å². The molecule has 0 saturated heterocycles. The van der Waals surface area contributed by atoms with Crippen molar-refractivity contribution in [3.63, 3.8) is 0 Å². The summed E-state index contributed by atoms with van der Waals surface area (Å²) in [6.45, 7) is 7.38. The van der Waals surface area contributed by atoms with Crippen LogP contribution in [0.5, 0.6) is 0 Å². The van der Waals surface area contributed by atoms with Crippen LogP contribution in [0.2, 0.25) is 0 Å². The van der Waals surface area contributed by atoms with Crippen LogP contribution >= 0.6 is 0 Å². The number of nitrogens with zero attached hydrogens (tertiary/aromatic N) is 1. The minimum atomic E-state index is -0.396. The molecule has 0 unspecified atom stereocenters. The minimum absolute atomic E-state index is 0.0405. The maximum absolute atomic E-state index is 11.0. The summed E-state index contributed by atoms with van der Waals surface area (Å²) in [5.41, 5.74) is 2.90. The molecule has 0 fully saturated rings. The number of aryl methyl sites for hydroxylation is 1. The molecule has 2 rings (SSSR count). The van der Waals surface area contributed by atoms with Gasteiger partial charge in [-0.1, -0.05) is 0 Å². The van der Waals surface area contributed by atoms with Gasteiger partial charge in [0.25, 0.3) is 0 Å². The molecule has 3 nitrogen and oxygen atoms in total. The Bertz CT molecular complexity index is 578. The van der Waals surface area contributed by atoms with E-state index in [4.69, 9.17) is 0 Å². The first kappa shape index (κ1) is 12.8. The van der Waals surface area contributed by atoms with Gasteiger partial charge in [-0.05, 0) is 0 Å². The van der Waals surface area contributed by atoms with Crippen molar-refractivity contribution in [2.45, 2.75) is 12.8 Å². The summed E-state index contributed by atoms with van der Waals surface area (Å²) in [4.78, 5) is 12.8. The molecule has 0 radical (unpaired) electrons. The molecule has 18 heavy (non-hydrogen) atoms. The first-order valence-corrected chi connectivity index (χ1v) is 7.41. The van der Waals surface area contributed by atoms with Crippen LogP contribution in [0.25, 0.3) is 6.08 Å². The number of hydrogen-bond acceptors (Lipinski definition) is 2. The van der Waals surface area contributed by atoms with E-state index < -0.39 is 4.92 Å². The Morgan fingerprint density at radius 1 is 1.50 bits per heavy atom. The monoisotopic (exact) mass is 307 g/mol. The van der Waals surface area contributed by atoms with Crippen molar-refractivity contribution in [3.05, 3.63) is 73.3 Å². The van der Waals surface area contributed by atoms with Gasteiger partial charge in [-0.25, -0.2) is 0 Å². The molecule has 0 aliphatic heterocycles. The Kier molecular flexibility index (Phi) is 3.80. The van der Waals surface area contributed by atoms with Gasteiger partial charge in [0, 0.05) is 0 Å². The van der Waals surface area contributed by atoms with Crippen molar-refractivity contribution in [1.82, 2.24) is 0 Å². The fourth-order valence-electron chi connectivity index (χ4n) is 1.97. The second-order valence-corrected chi connectivity index (χ2v) is 5.99. The number of hydrogen-bond donors (Lipinski definition) is 0. The van der Waals surface area contributed by atoms with Gasteiger partial charge in [0.15, 0.2) is 0 Å². The third-order valence-corrected chi connectivity index (χ3v) is 4.82. The summed E-state index contributed by atoms with van der Waals surface area (Å²) in [7, 11) is 0. The average Bonchev–Trinajstić information content (AvgIpc) is 2.81. The van der Waals surface area contributed by atoms with E-state index >= 15 is 0 Å². The van der Waals surface area contributed by atoms with Gasteiger partial charge in [0.05, 0.1) is 0 Å². The fourth-order valence-corrected chi connectivity index (χ4v) is 3.88. The summed E-state index contributed by atoms with van der Waals surface area (Å²) in [5.74, 6) is 0. The van der Waals surface area contributed by atoms with E-state index in [2.05, 4.69) is 30.2 Å². The Labute approximate surface area is 112 Å². The third-order valence-electron chi connectivity index (χ3n) is 2.92. The summed E-state index contributed by atoms with van der Waals surface area (Å²) in [6.07, 6.45) is 6.68. The van der Waals surface area contributed by atoms with Crippen molar-refractivity contribution in [3.8, 4) is 0 Å². The second kappa shape index (κ2) is 5.34. The zero-order chi connectivity index (χ0) is 13.1. The van der Waals surface area contributed by atoms with Crippen molar-refractivity contribution < 1.29 is 4.92 Å². The van der Waals surface area contributed by atoms with Crippen molar-refractivity contribution in [2.75, 3.05) is 0 Å². The predicted octanol–water partition coefficient (Wildman–Crippen LogP) is 2.98. The average molecular weight is 306 g/mol. The molecule has 92 valence electrons. The van der Waals surface area contributed by atoms with E-state index in [0.29, 0.717) is 20.1 Å². The van der Waals surface area contributed by atoms with Crippen LogP contribution < -0.4 is 0 Å². The SMILES string of the molecule is C=C/C=C(\C(=C)C1=Cc2[se]ccc2CC1)[N+](=O)[O-]. The van der Waals surface area contributed by atoms with E-state index in [0.717, 1.165) is 18.4 Å². The van der Waals surface area contributed by atoms with Crippen LogP contribution in [0.4, 0.5) is 0 Å².